The van der Waals surface area contributed by atoms with Gasteiger partial charge in [0.2, 0.25) is 5.95 Å². The van der Waals surface area contributed by atoms with Crippen LogP contribution in [0.25, 0.3) is 17.0 Å². The van der Waals surface area contributed by atoms with Crippen molar-refractivity contribution < 1.29 is 4.39 Å². The monoisotopic (exact) mass is 418 g/mol. The molecule has 8 heteroatoms. The Balaban J connectivity index is 1.67. The third kappa shape index (κ3) is 3.31. The van der Waals surface area contributed by atoms with Gasteiger partial charge in [-0.3, -0.25) is 4.40 Å². The van der Waals surface area contributed by atoms with E-state index in [4.69, 9.17) is 10.7 Å². The van der Waals surface area contributed by atoms with Crippen molar-refractivity contribution in [1.29, 1.82) is 0 Å². The van der Waals surface area contributed by atoms with Gasteiger partial charge in [-0.05, 0) is 54.1 Å². The number of aryl methyl sites for hydroxylation is 1. The Hall–Kier alpha value is -2.06. The van der Waals surface area contributed by atoms with Crippen LogP contribution < -0.4 is 11.1 Å². The van der Waals surface area contributed by atoms with Gasteiger partial charge in [0.15, 0.2) is 0 Å². The second-order valence-electron chi connectivity index (χ2n) is 6.82. The largest absolute Gasteiger partial charge is 0.351 e. The van der Waals surface area contributed by atoms with Crippen LogP contribution in [0.2, 0.25) is 0 Å². The lowest BCUT2D eigenvalue weighted by molar-refractivity contribution is 0.410. The number of nitrogens with two attached hydrogens (primary N) is 1. The van der Waals surface area contributed by atoms with E-state index in [9.17, 15) is 4.39 Å². The van der Waals surface area contributed by atoms with E-state index in [0.717, 1.165) is 42.6 Å². The lowest BCUT2D eigenvalue weighted by atomic mass is 9.92. The molecule has 3 N–H and O–H groups in total. The van der Waals surface area contributed by atoms with Crippen LogP contribution in [-0.2, 0) is 0 Å². The Morgan fingerprint density at radius 1 is 1.23 bits per heavy atom. The first-order valence-corrected chi connectivity index (χ1v) is 9.49. The normalized spacial score (nSPS) is 20.5. The van der Waals surface area contributed by atoms with Crippen LogP contribution in [0, 0.1) is 12.7 Å². The molecular formula is C18H20BrFN6. The molecule has 3 aromatic rings. The summed E-state index contributed by atoms with van der Waals surface area (Å²) in [5.41, 5.74) is 9.02. The van der Waals surface area contributed by atoms with Crippen molar-refractivity contribution >= 4 is 27.5 Å². The van der Waals surface area contributed by atoms with Gasteiger partial charge in [0.05, 0.1) is 22.1 Å². The van der Waals surface area contributed by atoms with E-state index in [1.54, 1.807) is 18.6 Å². The fraction of sp³-hybridized carbons (Fsp3) is 0.389. The maximum absolute atomic E-state index is 13.7. The van der Waals surface area contributed by atoms with Crippen molar-refractivity contribution in [3.63, 3.8) is 0 Å². The van der Waals surface area contributed by atoms with E-state index in [1.165, 1.54) is 6.07 Å². The van der Waals surface area contributed by atoms with Crippen molar-refractivity contribution in [2.45, 2.75) is 44.7 Å². The number of imidazole rings is 1. The molecule has 0 aliphatic heterocycles. The number of halogens is 2. The highest BCUT2D eigenvalue weighted by Gasteiger charge is 2.20. The number of anilines is 1. The van der Waals surface area contributed by atoms with E-state index in [-0.39, 0.29) is 5.82 Å². The molecule has 4 rings (SSSR count). The summed E-state index contributed by atoms with van der Waals surface area (Å²) in [6, 6.07) is 2.05. The molecule has 3 heterocycles. The molecule has 0 radical (unpaired) electrons. The number of fused-ring (bicyclic) bond motifs is 1. The molecule has 1 aliphatic carbocycles. The molecule has 0 saturated heterocycles. The molecule has 26 heavy (non-hydrogen) atoms. The van der Waals surface area contributed by atoms with Gasteiger partial charge in [-0.25, -0.2) is 19.3 Å². The van der Waals surface area contributed by atoms with Gasteiger partial charge >= 0.3 is 0 Å². The van der Waals surface area contributed by atoms with Gasteiger partial charge in [0, 0.05) is 30.5 Å². The smallest absolute Gasteiger partial charge is 0.223 e. The number of nitrogens with zero attached hydrogens (tertiary/aromatic N) is 4. The maximum atomic E-state index is 13.7. The highest BCUT2D eigenvalue weighted by atomic mass is 79.9. The fourth-order valence-corrected chi connectivity index (χ4v) is 3.69. The molecular weight excluding hydrogens is 399 g/mol. The molecule has 0 unspecified atom stereocenters. The highest BCUT2D eigenvalue weighted by molar-refractivity contribution is 9.10. The molecule has 0 bridgehead atoms. The van der Waals surface area contributed by atoms with Crippen LogP contribution in [-0.4, -0.2) is 31.4 Å². The number of rotatable bonds is 3. The molecule has 3 aromatic heterocycles. The van der Waals surface area contributed by atoms with E-state index in [2.05, 4.69) is 31.2 Å². The SMILES string of the molecule is Cc1cnc(NC2CCC(N)CC2)nc1-c1cnc2cc(F)c(Br)cn12. The molecule has 0 atom stereocenters. The van der Waals surface area contributed by atoms with Crippen molar-refractivity contribution in [3.8, 4) is 11.4 Å². The number of hydrogen-bond donors (Lipinski definition) is 2. The molecule has 6 nitrogen and oxygen atoms in total. The van der Waals surface area contributed by atoms with E-state index < -0.39 is 0 Å². The van der Waals surface area contributed by atoms with Gasteiger partial charge in [0.1, 0.15) is 11.5 Å². The predicted octanol–water partition coefficient (Wildman–Crippen LogP) is 3.68. The van der Waals surface area contributed by atoms with E-state index in [0.29, 0.717) is 28.2 Å². The number of hydrogen-bond acceptors (Lipinski definition) is 5. The maximum Gasteiger partial charge on any atom is 0.223 e. The number of pyridine rings is 1. The van der Waals surface area contributed by atoms with Crippen molar-refractivity contribution in [1.82, 2.24) is 19.4 Å². The minimum Gasteiger partial charge on any atom is -0.351 e. The average molecular weight is 419 g/mol. The summed E-state index contributed by atoms with van der Waals surface area (Å²) in [5, 5.41) is 3.42. The third-order valence-corrected chi connectivity index (χ3v) is 5.45. The zero-order chi connectivity index (χ0) is 18.3. The van der Waals surface area contributed by atoms with Crippen LogP contribution in [0.5, 0.6) is 0 Å². The van der Waals surface area contributed by atoms with Gasteiger partial charge in [-0.2, -0.15) is 0 Å². The molecule has 0 aromatic carbocycles. The van der Waals surface area contributed by atoms with Gasteiger partial charge < -0.3 is 11.1 Å². The quantitative estimate of drug-likeness (QED) is 0.677. The predicted molar refractivity (Wildman–Crippen MR) is 102 cm³/mol. The Morgan fingerprint density at radius 3 is 2.77 bits per heavy atom. The topological polar surface area (TPSA) is 81.1 Å². The van der Waals surface area contributed by atoms with Crippen molar-refractivity contribution in [2.24, 2.45) is 5.73 Å². The van der Waals surface area contributed by atoms with Gasteiger partial charge in [-0.1, -0.05) is 0 Å². The highest BCUT2D eigenvalue weighted by Crippen LogP contribution is 2.27. The van der Waals surface area contributed by atoms with Crippen LogP contribution >= 0.6 is 15.9 Å². The second kappa shape index (κ2) is 6.92. The molecule has 0 amide bonds. The zero-order valence-electron chi connectivity index (χ0n) is 14.4. The Labute approximate surface area is 159 Å². The lowest BCUT2D eigenvalue weighted by Crippen LogP contribution is -2.33. The summed E-state index contributed by atoms with van der Waals surface area (Å²) >= 11 is 3.23. The summed E-state index contributed by atoms with van der Waals surface area (Å²) in [7, 11) is 0. The lowest BCUT2D eigenvalue weighted by Gasteiger charge is -2.26. The van der Waals surface area contributed by atoms with Crippen LogP contribution in [0.4, 0.5) is 10.3 Å². The molecule has 0 spiro atoms. The first-order valence-electron chi connectivity index (χ1n) is 8.69. The van der Waals surface area contributed by atoms with Gasteiger partial charge in [-0.15, -0.1) is 0 Å². The minimum absolute atomic E-state index is 0.305. The first-order chi connectivity index (χ1) is 12.5. The molecule has 1 fully saturated rings. The zero-order valence-corrected chi connectivity index (χ0v) is 16.0. The first kappa shape index (κ1) is 17.4. The van der Waals surface area contributed by atoms with Crippen LogP contribution in [0.15, 0.2) is 29.1 Å². The third-order valence-electron chi connectivity index (χ3n) is 4.87. The Morgan fingerprint density at radius 2 is 2.00 bits per heavy atom. The molecule has 1 aliphatic rings. The Kier molecular flexibility index (Phi) is 4.62. The van der Waals surface area contributed by atoms with Gasteiger partial charge in [0.25, 0.3) is 0 Å². The number of nitrogens with one attached hydrogen (secondary N) is 1. The van der Waals surface area contributed by atoms with Crippen molar-refractivity contribution in [3.05, 3.63) is 40.5 Å². The summed E-state index contributed by atoms with van der Waals surface area (Å²) < 4.78 is 16.0. The summed E-state index contributed by atoms with van der Waals surface area (Å²) in [5.74, 6) is 0.258. The molecule has 1 saturated carbocycles. The average Bonchev–Trinajstić information content (AvgIpc) is 3.01. The summed E-state index contributed by atoms with van der Waals surface area (Å²) in [6.07, 6.45) is 9.26. The Bertz CT molecular complexity index is 948. The minimum atomic E-state index is -0.341. The van der Waals surface area contributed by atoms with Crippen molar-refractivity contribution in [2.75, 3.05) is 5.32 Å². The van der Waals surface area contributed by atoms with E-state index >= 15 is 0 Å². The summed E-state index contributed by atoms with van der Waals surface area (Å²) in [4.78, 5) is 13.4. The van der Waals surface area contributed by atoms with Crippen LogP contribution in [0.3, 0.4) is 0 Å². The molecule has 136 valence electrons. The van der Waals surface area contributed by atoms with E-state index in [1.807, 2.05) is 11.3 Å². The summed E-state index contributed by atoms with van der Waals surface area (Å²) in [6.45, 7) is 1.96. The second-order valence-corrected chi connectivity index (χ2v) is 7.68. The van der Waals surface area contributed by atoms with Crippen LogP contribution in [0.1, 0.15) is 31.2 Å². The number of aromatic nitrogens is 4. The standard InChI is InChI=1S/C18H20BrFN6/c1-10-7-23-18(24-12-4-2-11(21)3-5-12)25-17(10)15-8-22-16-6-14(20)13(19)9-26(15)16/h6-9,11-12H,2-5,21H2,1H3,(H,23,24,25). The fourth-order valence-electron chi connectivity index (χ4n) is 3.37.